The molecule has 0 atom stereocenters. The number of carbonyl (C=O) groups is 1. The number of methoxy groups -OCH3 is 1. The second-order valence-corrected chi connectivity index (χ2v) is 3.40. The van der Waals surface area contributed by atoms with Crippen LogP contribution in [0, 0.1) is 0 Å². The van der Waals surface area contributed by atoms with Gasteiger partial charge in [-0.05, 0) is 18.7 Å². The largest absolute Gasteiger partial charge is 0.495 e. The van der Waals surface area contributed by atoms with Crippen LogP contribution in [0.25, 0.3) is 0 Å². The summed E-state index contributed by atoms with van der Waals surface area (Å²) in [6.45, 7) is 3.09. The summed E-state index contributed by atoms with van der Waals surface area (Å²) < 4.78 is 5.21. The molecule has 0 radical (unpaired) electrons. The Bertz CT molecular complexity index is 353. The van der Waals surface area contributed by atoms with Gasteiger partial charge in [-0.25, -0.2) is 0 Å². The van der Waals surface area contributed by atoms with E-state index in [0.717, 1.165) is 12.2 Å². The fraction of sp³-hybridized carbons (Fsp3) is 0.417. The topological polar surface area (TPSA) is 41.6 Å². The number of rotatable bonds is 5. The molecule has 0 bridgehead atoms. The van der Waals surface area contributed by atoms with E-state index in [4.69, 9.17) is 4.74 Å². The minimum atomic E-state index is 0.0198. The van der Waals surface area contributed by atoms with Crippen molar-refractivity contribution in [3.05, 3.63) is 24.3 Å². The van der Waals surface area contributed by atoms with Gasteiger partial charge in [-0.2, -0.15) is 0 Å². The van der Waals surface area contributed by atoms with Crippen molar-refractivity contribution in [2.75, 3.05) is 32.1 Å². The van der Waals surface area contributed by atoms with Crippen LogP contribution in [0.3, 0.4) is 0 Å². The Morgan fingerprint density at radius 3 is 2.75 bits per heavy atom. The quantitative estimate of drug-likeness (QED) is 0.815. The summed E-state index contributed by atoms with van der Waals surface area (Å²) in [5.41, 5.74) is 0.785. The van der Waals surface area contributed by atoms with Gasteiger partial charge < -0.3 is 15.0 Å². The first-order valence-corrected chi connectivity index (χ1v) is 5.31. The molecule has 0 aromatic heterocycles. The summed E-state index contributed by atoms with van der Waals surface area (Å²) in [7, 11) is 3.35. The summed E-state index contributed by atoms with van der Waals surface area (Å²) >= 11 is 0. The number of ether oxygens (including phenoxy) is 1. The van der Waals surface area contributed by atoms with Crippen LogP contribution in [0.4, 0.5) is 5.69 Å². The van der Waals surface area contributed by atoms with Crippen LogP contribution < -0.4 is 15.0 Å². The number of nitrogens with zero attached hydrogens (tertiary/aromatic N) is 1. The number of hydrogen-bond acceptors (Lipinski definition) is 3. The average molecular weight is 222 g/mol. The molecule has 1 rings (SSSR count). The highest BCUT2D eigenvalue weighted by Crippen LogP contribution is 2.26. The van der Waals surface area contributed by atoms with Crippen LogP contribution in [0.15, 0.2) is 24.3 Å². The van der Waals surface area contributed by atoms with Gasteiger partial charge in [0.25, 0.3) is 0 Å². The molecule has 0 fully saturated rings. The van der Waals surface area contributed by atoms with Crippen molar-refractivity contribution in [3.63, 3.8) is 0 Å². The average Bonchev–Trinajstić information content (AvgIpc) is 2.34. The lowest BCUT2D eigenvalue weighted by Crippen LogP contribution is -2.35. The molecule has 16 heavy (non-hydrogen) atoms. The van der Waals surface area contributed by atoms with Crippen LogP contribution in [0.1, 0.15) is 6.92 Å². The molecule has 88 valence electrons. The molecule has 1 aromatic rings. The van der Waals surface area contributed by atoms with E-state index in [9.17, 15) is 4.79 Å². The minimum Gasteiger partial charge on any atom is -0.495 e. The van der Waals surface area contributed by atoms with Gasteiger partial charge in [0.2, 0.25) is 5.91 Å². The van der Waals surface area contributed by atoms with E-state index in [1.165, 1.54) is 0 Å². The summed E-state index contributed by atoms with van der Waals surface area (Å²) in [5.74, 6) is 0.723. The zero-order valence-corrected chi connectivity index (χ0v) is 9.99. The van der Waals surface area contributed by atoms with E-state index in [1.54, 1.807) is 19.1 Å². The molecule has 1 N–H and O–H groups in total. The van der Waals surface area contributed by atoms with Crippen molar-refractivity contribution in [2.24, 2.45) is 0 Å². The van der Waals surface area contributed by atoms with E-state index in [-0.39, 0.29) is 5.91 Å². The van der Waals surface area contributed by atoms with Gasteiger partial charge in [-0.1, -0.05) is 19.1 Å². The number of anilines is 1. The zero-order chi connectivity index (χ0) is 12.0. The van der Waals surface area contributed by atoms with Gasteiger partial charge in [0.15, 0.2) is 0 Å². The first kappa shape index (κ1) is 12.5. The molecule has 0 aliphatic rings. The normalized spacial score (nSPS) is 9.94. The molecule has 0 heterocycles. The fourth-order valence-corrected chi connectivity index (χ4v) is 1.39. The Morgan fingerprint density at radius 1 is 1.44 bits per heavy atom. The Labute approximate surface area is 96.2 Å². The van der Waals surface area contributed by atoms with E-state index in [2.05, 4.69) is 5.32 Å². The third-order valence-corrected chi connectivity index (χ3v) is 2.35. The molecule has 1 amide bonds. The van der Waals surface area contributed by atoms with Gasteiger partial charge in [-0.15, -0.1) is 0 Å². The Balaban J connectivity index is 2.78. The lowest BCUT2D eigenvalue weighted by atomic mass is 10.2. The zero-order valence-electron chi connectivity index (χ0n) is 9.99. The smallest absolute Gasteiger partial charge is 0.240 e. The summed E-state index contributed by atoms with van der Waals surface area (Å²) in [6.07, 6.45) is 0. The van der Waals surface area contributed by atoms with Crippen LogP contribution in [-0.2, 0) is 4.79 Å². The third-order valence-electron chi connectivity index (χ3n) is 2.35. The predicted molar refractivity (Wildman–Crippen MR) is 64.9 cm³/mol. The third kappa shape index (κ3) is 2.97. The maximum absolute atomic E-state index is 11.8. The highest BCUT2D eigenvalue weighted by atomic mass is 16.5. The van der Waals surface area contributed by atoms with Gasteiger partial charge in [0.05, 0.1) is 19.3 Å². The van der Waals surface area contributed by atoms with Gasteiger partial charge >= 0.3 is 0 Å². The van der Waals surface area contributed by atoms with E-state index in [1.807, 2.05) is 31.2 Å². The van der Waals surface area contributed by atoms with Gasteiger partial charge in [-0.3, -0.25) is 4.79 Å². The first-order valence-electron chi connectivity index (χ1n) is 5.31. The second-order valence-electron chi connectivity index (χ2n) is 3.40. The van der Waals surface area contributed by atoms with Crippen molar-refractivity contribution < 1.29 is 9.53 Å². The summed E-state index contributed by atoms with van der Waals surface area (Å²) in [6, 6.07) is 7.47. The SMILES string of the molecule is CCNCC(=O)N(C)c1ccccc1OC. The molecule has 0 saturated heterocycles. The molecule has 0 saturated carbocycles. The molecule has 1 aromatic carbocycles. The summed E-state index contributed by atoms with van der Waals surface area (Å²) in [5, 5.41) is 3.00. The van der Waals surface area contributed by atoms with Crippen molar-refractivity contribution in [1.29, 1.82) is 0 Å². The second kappa shape index (κ2) is 6.12. The molecular weight excluding hydrogens is 204 g/mol. The van der Waals surface area contributed by atoms with Crippen molar-refractivity contribution in [3.8, 4) is 5.75 Å². The predicted octanol–water partition coefficient (Wildman–Crippen LogP) is 1.27. The number of carbonyl (C=O) groups excluding carboxylic acids is 1. The molecule has 4 nitrogen and oxygen atoms in total. The number of amides is 1. The molecule has 4 heteroatoms. The minimum absolute atomic E-state index is 0.0198. The number of nitrogens with one attached hydrogen (secondary N) is 1. The summed E-state index contributed by atoms with van der Waals surface area (Å²) in [4.78, 5) is 13.4. The van der Waals surface area contributed by atoms with Crippen LogP contribution in [-0.4, -0.2) is 33.2 Å². The maximum atomic E-state index is 11.8. The first-order chi connectivity index (χ1) is 7.70. The number of para-hydroxylation sites is 2. The van der Waals surface area contributed by atoms with Gasteiger partial charge in [0.1, 0.15) is 5.75 Å². The van der Waals surface area contributed by atoms with E-state index >= 15 is 0 Å². The molecule has 0 aliphatic heterocycles. The van der Waals surface area contributed by atoms with Crippen molar-refractivity contribution in [1.82, 2.24) is 5.32 Å². The maximum Gasteiger partial charge on any atom is 0.240 e. The lowest BCUT2D eigenvalue weighted by Gasteiger charge is -2.19. The van der Waals surface area contributed by atoms with Crippen molar-refractivity contribution >= 4 is 11.6 Å². The van der Waals surface area contributed by atoms with Gasteiger partial charge in [0, 0.05) is 7.05 Å². The Kier molecular flexibility index (Phi) is 4.79. The Hall–Kier alpha value is -1.55. The molecule has 0 unspecified atom stereocenters. The molecule has 0 spiro atoms. The number of likely N-dealkylation sites (N-methyl/N-ethyl adjacent to an activating group) is 2. The highest BCUT2D eigenvalue weighted by molar-refractivity contribution is 5.95. The fourth-order valence-electron chi connectivity index (χ4n) is 1.39. The van der Waals surface area contributed by atoms with E-state index < -0.39 is 0 Å². The number of hydrogen-bond donors (Lipinski definition) is 1. The molecule has 0 aliphatic carbocycles. The standard InChI is InChI=1S/C12H18N2O2/c1-4-13-9-12(15)14(2)10-7-5-6-8-11(10)16-3/h5-8,13H,4,9H2,1-3H3. The van der Waals surface area contributed by atoms with Crippen LogP contribution in [0.5, 0.6) is 5.75 Å². The van der Waals surface area contributed by atoms with Crippen LogP contribution >= 0.6 is 0 Å². The van der Waals surface area contributed by atoms with E-state index in [0.29, 0.717) is 12.3 Å². The van der Waals surface area contributed by atoms with Crippen molar-refractivity contribution in [2.45, 2.75) is 6.92 Å². The lowest BCUT2D eigenvalue weighted by molar-refractivity contribution is -0.117. The monoisotopic (exact) mass is 222 g/mol. The Morgan fingerprint density at radius 2 is 2.12 bits per heavy atom. The highest BCUT2D eigenvalue weighted by Gasteiger charge is 2.13. The number of benzene rings is 1. The van der Waals surface area contributed by atoms with Crippen LogP contribution in [0.2, 0.25) is 0 Å². The molecular formula is C12H18N2O2.